The summed E-state index contributed by atoms with van der Waals surface area (Å²) in [5, 5.41) is 0. The van der Waals surface area contributed by atoms with E-state index in [9.17, 15) is 4.79 Å². The molecule has 1 fully saturated rings. The minimum absolute atomic E-state index is 0.269. The van der Waals surface area contributed by atoms with E-state index in [-0.39, 0.29) is 5.69 Å². The average Bonchev–Trinajstić information content (AvgIpc) is 2.46. The van der Waals surface area contributed by atoms with Crippen LogP contribution in [-0.2, 0) is 4.74 Å². The topological polar surface area (TPSA) is 55.3 Å². The molecule has 0 aromatic carbocycles. The molecule has 0 bridgehead atoms. The van der Waals surface area contributed by atoms with Gasteiger partial charge in [0, 0.05) is 13.1 Å². The van der Waals surface area contributed by atoms with Crippen molar-refractivity contribution in [1.82, 2.24) is 9.97 Å². The number of hydrogen-bond donors (Lipinski definition) is 0. The minimum atomic E-state index is -0.439. The first-order chi connectivity index (χ1) is 9.11. The Labute approximate surface area is 114 Å². The Morgan fingerprint density at radius 3 is 2.63 bits per heavy atom. The van der Waals surface area contributed by atoms with Gasteiger partial charge in [0.2, 0.25) is 0 Å². The van der Waals surface area contributed by atoms with Crippen molar-refractivity contribution in [2.45, 2.75) is 26.7 Å². The number of hydrogen-bond acceptors (Lipinski definition) is 5. The van der Waals surface area contributed by atoms with E-state index >= 15 is 0 Å². The van der Waals surface area contributed by atoms with Crippen molar-refractivity contribution in [3.63, 3.8) is 0 Å². The zero-order chi connectivity index (χ0) is 13.8. The summed E-state index contributed by atoms with van der Waals surface area (Å²) in [7, 11) is 1.35. The van der Waals surface area contributed by atoms with Gasteiger partial charge >= 0.3 is 5.97 Å². The van der Waals surface area contributed by atoms with Crippen molar-refractivity contribution in [2.75, 3.05) is 25.1 Å². The fourth-order valence-electron chi connectivity index (χ4n) is 2.51. The van der Waals surface area contributed by atoms with Gasteiger partial charge in [0.25, 0.3) is 0 Å². The molecule has 1 saturated heterocycles. The van der Waals surface area contributed by atoms with E-state index in [0.29, 0.717) is 0 Å². The SMILES string of the molecule is COC(=O)c1cncc(N2CCC(C(C)C)CC2)n1. The zero-order valence-corrected chi connectivity index (χ0v) is 11.8. The maximum Gasteiger partial charge on any atom is 0.358 e. The molecule has 1 aliphatic heterocycles. The molecule has 19 heavy (non-hydrogen) atoms. The van der Waals surface area contributed by atoms with Crippen LogP contribution >= 0.6 is 0 Å². The fourth-order valence-corrected chi connectivity index (χ4v) is 2.51. The lowest BCUT2D eigenvalue weighted by atomic mass is 9.87. The van der Waals surface area contributed by atoms with E-state index in [4.69, 9.17) is 0 Å². The molecule has 0 aliphatic carbocycles. The molecule has 1 aromatic rings. The summed E-state index contributed by atoms with van der Waals surface area (Å²) in [4.78, 5) is 22.0. The predicted molar refractivity (Wildman–Crippen MR) is 73.1 cm³/mol. The van der Waals surface area contributed by atoms with E-state index in [0.717, 1.165) is 30.7 Å². The van der Waals surface area contributed by atoms with E-state index in [2.05, 4.69) is 33.5 Å². The number of nitrogens with zero attached hydrogens (tertiary/aromatic N) is 3. The van der Waals surface area contributed by atoms with Crippen molar-refractivity contribution >= 4 is 11.8 Å². The largest absolute Gasteiger partial charge is 0.464 e. The molecule has 5 nitrogen and oxygen atoms in total. The predicted octanol–water partition coefficient (Wildman–Crippen LogP) is 2.14. The van der Waals surface area contributed by atoms with Gasteiger partial charge in [-0.15, -0.1) is 0 Å². The molecule has 2 heterocycles. The first kappa shape index (κ1) is 13.8. The Kier molecular flexibility index (Phi) is 4.35. The molecule has 0 spiro atoms. The molecule has 104 valence electrons. The standard InChI is InChI=1S/C14H21N3O2/c1-10(2)11-4-6-17(7-5-11)13-9-15-8-12(16-13)14(18)19-3/h8-11H,4-7H2,1-3H3. The normalized spacial score (nSPS) is 16.7. The first-order valence-electron chi connectivity index (χ1n) is 6.77. The number of rotatable bonds is 3. The second-order valence-corrected chi connectivity index (χ2v) is 5.32. The summed E-state index contributed by atoms with van der Waals surface area (Å²) >= 11 is 0. The summed E-state index contributed by atoms with van der Waals surface area (Å²) in [5.41, 5.74) is 0.269. The minimum Gasteiger partial charge on any atom is -0.464 e. The molecule has 0 atom stereocenters. The van der Waals surface area contributed by atoms with Crippen LogP contribution in [0.25, 0.3) is 0 Å². The van der Waals surface area contributed by atoms with Gasteiger partial charge in [-0.3, -0.25) is 4.98 Å². The highest BCUT2D eigenvalue weighted by atomic mass is 16.5. The molecule has 0 N–H and O–H groups in total. The highest BCUT2D eigenvalue weighted by molar-refractivity contribution is 5.87. The van der Waals surface area contributed by atoms with Crippen LogP contribution in [0.5, 0.6) is 0 Å². The van der Waals surface area contributed by atoms with E-state index in [1.807, 2.05) is 0 Å². The Balaban J connectivity index is 2.05. The Morgan fingerprint density at radius 1 is 1.37 bits per heavy atom. The van der Waals surface area contributed by atoms with Crippen LogP contribution in [0.2, 0.25) is 0 Å². The molecule has 1 aliphatic rings. The summed E-state index contributed by atoms with van der Waals surface area (Å²) in [6.07, 6.45) is 5.49. The fraction of sp³-hybridized carbons (Fsp3) is 0.643. The van der Waals surface area contributed by atoms with Crippen LogP contribution < -0.4 is 4.90 Å². The maximum atomic E-state index is 11.4. The lowest BCUT2D eigenvalue weighted by molar-refractivity contribution is 0.0593. The van der Waals surface area contributed by atoms with Crippen LogP contribution in [0, 0.1) is 11.8 Å². The first-order valence-corrected chi connectivity index (χ1v) is 6.77. The highest BCUT2D eigenvalue weighted by Gasteiger charge is 2.23. The number of piperidine rings is 1. The summed E-state index contributed by atoms with van der Waals surface area (Å²) in [5.74, 6) is 1.85. The van der Waals surface area contributed by atoms with Gasteiger partial charge < -0.3 is 9.64 Å². The summed E-state index contributed by atoms with van der Waals surface area (Å²) in [6.45, 7) is 6.50. The summed E-state index contributed by atoms with van der Waals surface area (Å²) in [6, 6.07) is 0. The van der Waals surface area contributed by atoms with Crippen molar-refractivity contribution in [2.24, 2.45) is 11.8 Å². The van der Waals surface area contributed by atoms with Gasteiger partial charge in [-0.1, -0.05) is 13.8 Å². The molecular weight excluding hydrogens is 242 g/mol. The molecular formula is C14H21N3O2. The average molecular weight is 263 g/mol. The second kappa shape index (κ2) is 5.99. The number of aromatic nitrogens is 2. The van der Waals surface area contributed by atoms with Gasteiger partial charge in [-0.05, 0) is 24.7 Å². The maximum absolute atomic E-state index is 11.4. The number of methoxy groups -OCH3 is 1. The van der Waals surface area contributed by atoms with Crippen LogP contribution in [0.3, 0.4) is 0 Å². The number of ether oxygens (including phenoxy) is 1. The van der Waals surface area contributed by atoms with Gasteiger partial charge in [0.1, 0.15) is 5.82 Å². The van der Waals surface area contributed by atoms with Crippen LogP contribution in [0.15, 0.2) is 12.4 Å². The number of carbonyl (C=O) groups is 1. The summed E-state index contributed by atoms with van der Waals surface area (Å²) < 4.78 is 4.67. The van der Waals surface area contributed by atoms with Crippen LogP contribution in [0.1, 0.15) is 37.2 Å². The molecule has 0 radical (unpaired) electrons. The molecule has 0 unspecified atom stereocenters. The smallest absolute Gasteiger partial charge is 0.358 e. The van der Waals surface area contributed by atoms with E-state index in [1.165, 1.54) is 26.1 Å². The van der Waals surface area contributed by atoms with Crippen molar-refractivity contribution in [3.05, 3.63) is 18.1 Å². The van der Waals surface area contributed by atoms with Gasteiger partial charge in [-0.2, -0.15) is 0 Å². The third-order valence-electron chi connectivity index (χ3n) is 3.82. The van der Waals surface area contributed by atoms with E-state index < -0.39 is 5.97 Å². The molecule has 0 amide bonds. The van der Waals surface area contributed by atoms with Crippen LogP contribution in [-0.4, -0.2) is 36.1 Å². The quantitative estimate of drug-likeness (QED) is 0.782. The zero-order valence-electron chi connectivity index (χ0n) is 11.8. The van der Waals surface area contributed by atoms with Crippen molar-refractivity contribution in [1.29, 1.82) is 0 Å². The number of carbonyl (C=O) groups excluding carboxylic acids is 1. The monoisotopic (exact) mass is 263 g/mol. The molecule has 5 heteroatoms. The molecule has 2 rings (SSSR count). The van der Waals surface area contributed by atoms with Crippen LogP contribution in [0.4, 0.5) is 5.82 Å². The van der Waals surface area contributed by atoms with Crippen molar-refractivity contribution in [3.8, 4) is 0 Å². The third-order valence-corrected chi connectivity index (χ3v) is 3.82. The van der Waals surface area contributed by atoms with Gasteiger partial charge in [-0.25, -0.2) is 9.78 Å². The Bertz CT molecular complexity index is 440. The van der Waals surface area contributed by atoms with Gasteiger partial charge in [0.05, 0.1) is 19.5 Å². The number of anilines is 1. The molecule has 1 aromatic heterocycles. The Morgan fingerprint density at radius 2 is 2.05 bits per heavy atom. The second-order valence-electron chi connectivity index (χ2n) is 5.32. The van der Waals surface area contributed by atoms with E-state index in [1.54, 1.807) is 6.20 Å². The lowest BCUT2D eigenvalue weighted by Crippen LogP contribution is -2.36. The number of esters is 1. The van der Waals surface area contributed by atoms with Gasteiger partial charge in [0.15, 0.2) is 5.69 Å². The Hall–Kier alpha value is -1.65. The highest BCUT2D eigenvalue weighted by Crippen LogP contribution is 2.26. The van der Waals surface area contributed by atoms with Crippen molar-refractivity contribution < 1.29 is 9.53 Å². The third kappa shape index (κ3) is 3.22. The lowest BCUT2D eigenvalue weighted by Gasteiger charge is -2.34. The molecule has 0 saturated carbocycles.